The van der Waals surface area contributed by atoms with Crippen molar-refractivity contribution >= 4 is 28.8 Å². The van der Waals surface area contributed by atoms with Gasteiger partial charge in [0.15, 0.2) is 0 Å². The number of hydrogen-bond donors (Lipinski definition) is 1. The summed E-state index contributed by atoms with van der Waals surface area (Å²) in [6.07, 6.45) is 4.41. The van der Waals surface area contributed by atoms with Crippen LogP contribution in [-0.4, -0.2) is 55.0 Å². The van der Waals surface area contributed by atoms with Gasteiger partial charge in [0.2, 0.25) is 5.91 Å². The summed E-state index contributed by atoms with van der Waals surface area (Å²) in [6.45, 7) is 3.88. The molecule has 4 nitrogen and oxygen atoms in total. The van der Waals surface area contributed by atoms with Gasteiger partial charge in [-0.3, -0.25) is 8.32 Å². The fourth-order valence-corrected chi connectivity index (χ4v) is 3.36. The second-order valence-electron chi connectivity index (χ2n) is 5.29. The molecule has 0 atom stereocenters. The molecule has 5 heteroatoms. The van der Waals surface area contributed by atoms with E-state index in [0.29, 0.717) is 17.9 Å². The monoisotopic (exact) mass is 351 g/mol. The largest absolute Gasteiger partial charge is 0.340 e. The van der Waals surface area contributed by atoms with Crippen molar-refractivity contribution in [1.29, 1.82) is 0 Å². The number of amides is 1. The molecule has 2 fully saturated rings. The third-order valence-corrected chi connectivity index (χ3v) is 4.93. The lowest BCUT2D eigenvalue weighted by atomic mass is 9.85. The zero-order valence-corrected chi connectivity index (χ0v) is 12.6. The molecule has 2 rings (SSSR count). The molecule has 0 aromatic heterocycles. The topological polar surface area (TPSA) is 35.6 Å². The van der Waals surface area contributed by atoms with E-state index in [1.807, 2.05) is 0 Å². The first kappa shape index (κ1) is 13.5. The molecule has 1 saturated heterocycles. The van der Waals surface area contributed by atoms with Gasteiger partial charge in [-0.05, 0) is 32.7 Å². The van der Waals surface area contributed by atoms with Crippen molar-refractivity contribution in [2.45, 2.75) is 31.7 Å². The summed E-state index contributed by atoms with van der Waals surface area (Å²) >= 11 is 2.23. The number of likely N-dealkylation sites (N-methyl/N-ethyl adjacent to an activating group) is 1. The quantitative estimate of drug-likeness (QED) is 0.601. The molecule has 1 aliphatic carbocycles. The highest BCUT2D eigenvalue weighted by molar-refractivity contribution is 14.1. The van der Waals surface area contributed by atoms with Crippen molar-refractivity contribution < 1.29 is 4.79 Å². The lowest BCUT2D eigenvalue weighted by Crippen LogP contribution is -2.49. The van der Waals surface area contributed by atoms with Gasteiger partial charge in [0.25, 0.3) is 0 Å². The Bertz CT molecular complexity index is 258. The average Bonchev–Trinajstić information content (AvgIpc) is 2.39. The molecular weight excluding hydrogens is 329 g/mol. The molecule has 1 N–H and O–H groups in total. The fraction of sp³-hybridized carbons (Fsp3) is 0.917. The maximum atomic E-state index is 12.3. The number of nitrogens with zero attached hydrogens (tertiary/aromatic N) is 2. The third kappa shape index (κ3) is 3.54. The van der Waals surface area contributed by atoms with Crippen LogP contribution in [0.25, 0.3) is 0 Å². The van der Waals surface area contributed by atoms with Crippen LogP contribution >= 0.6 is 22.9 Å². The molecule has 0 aromatic rings. The Kier molecular flexibility index (Phi) is 5.05. The average molecular weight is 351 g/mol. The van der Waals surface area contributed by atoms with Crippen molar-refractivity contribution in [3.05, 3.63) is 0 Å². The number of carbonyl (C=O) groups excluding carboxylic acids is 1. The molecule has 1 amide bonds. The lowest BCUT2D eigenvalue weighted by molar-refractivity contribution is -0.138. The summed E-state index contributed by atoms with van der Waals surface area (Å²) in [5, 5.41) is 0. The molecule has 0 bridgehead atoms. The third-order valence-electron chi connectivity index (χ3n) is 4.05. The highest BCUT2D eigenvalue weighted by Gasteiger charge is 2.30. The van der Waals surface area contributed by atoms with Gasteiger partial charge in [0.05, 0.1) is 0 Å². The first-order chi connectivity index (χ1) is 8.20. The number of piperazine rings is 1. The first-order valence-electron chi connectivity index (χ1n) is 6.54. The number of hydrogen-bond acceptors (Lipinski definition) is 3. The predicted molar refractivity (Wildman–Crippen MR) is 77.0 cm³/mol. The highest BCUT2D eigenvalue weighted by atomic mass is 127. The van der Waals surface area contributed by atoms with Gasteiger partial charge in [-0.25, -0.2) is 0 Å². The first-order valence-corrected chi connectivity index (χ1v) is 7.62. The van der Waals surface area contributed by atoms with Gasteiger partial charge in [0, 0.05) is 61.0 Å². The van der Waals surface area contributed by atoms with Crippen LogP contribution in [0, 0.1) is 5.92 Å². The Balaban J connectivity index is 1.80. The number of rotatable bonds is 2. The van der Waals surface area contributed by atoms with Crippen molar-refractivity contribution in [2.75, 3.05) is 33.2 Å². The van der Waals surface area contributed by atoms with E-state index in [2.05, 4.69) is 43.2 Å². The highest BCUT2D eigenvalue weighted by Crippen LogP contribution is 2.26. The van der Waals surface area contributed by atoms with Gasteiger partial charge in [-0.15, -0.1) is 0 Å². The molecule has 1 saturated carbocycles. The minimum Gasteiger partial charge on any atom is -0.340 e. The fourth-order valence-electron chi connectivity index (χ4n) is 2.73. The second kappa shape index (κ2) is 6.33. The van der Waals surface area contributed by atoms with Gasteiger partial charge < -0.3 is 9.80 Å². The number of nitrogens with one attached hydrogen (secondary N) is 1. The Morgan fingerprint density at radius 3 is 2.24 bits per heavy atom. The van der Waals surface area contributed by atoms with Crippen LogP contribution in [0.3, 0.4) is 0 Å². The summed E-state index contributed by atoms with van der Waals surface area (Å²) in [7, 11) is 2.12. The molecule has 17 heavy (non-hydrogen) atoms. The molecule has 0 unspecified atom stereocenters. The molecule has 98 valence electrons. The van der Waals surface area contributed by atoms with E-state index in [1.165, 1.54) is 0 Å². The summed E-state index contributed by atoms with van der Waals surface area (Å²) < 4.78 is 3.29. The molecule has 0 aromatic carbocycles. The van der Waals surface area contributed by atoms with Gasteiger partial charge >= 0.3 is 0 Å². The maximum absolute atomic E-state index is 12.3. The lowest BCUT2D eigenvalue weighted by Gasteiger charge is -2.36. The minimum absolute atomic E-state index is 0.291. The van der Waals surface area contributed by atoms with E-state index in [9.17, 15) is 4.79 Å². The molecule has 0 spiro atoms. The summed E-state index contributed by atoms with van der Waals surface area (Å²) in [4.78, 5) is 16.7. The standard InChI is InChI=1S/C12H22IN3O/c1-15-6-8-16(9-7-15)12(17)10-2-4-11(14-13)5-3-10/h10-11,14H,2-9H2,1H3/t10-,11-. The van der Waals surface area contributed by atoms with Crippen LogP contribution < -0.4 is 3.53 Å². The normalized spacial score (nSPS) is 31.5. The van der Waals surface area contributed by atoms with E-state index >= 15 is 0 Å². The van der Waals surface area contributed by atoms with E-state index < -0.39 is 0 Å². The van der Waals surface area contributed by atoms with Crippen molar-refractivity contribution in [2.24, 2.45) is 5.92 Å². The van der Waals surface area contributed by atoms with Crippen molar-refractivity contribution in [1.82, 2.24) is 13.3 Å². The number of carbonyl (C=O) groups is 1. The molecular formula is C12H22IN3O. The van der Waals surface area contributed by atoms with Crippen LogP contribution in [0.1, 0.15) is 25.7 Å². The van der Waals surface area contributed by atoms with Crippen molar-refractivity contribution in [3.63, 3.8) is 0 Å². The second-order valence-corrected chi connectivity index (χ2v) is 5.91. The summed E-state index contributed by atoms with van der Waals surface area (Å²) in [6, 6.07) is 0.618. The minimum atomic E-state index is 0.291. The molecule has 1 heterocycles. The van der Waals surface area contributed by atoms with E-state index in [-0.39, 0.29) is 0 Å². The molecule has 1 aliphatic heterocycles. The molecule has 2 aliphatic rings. The Morgan fingerprint density at radius 2 is 1.71 bits per heavy atom. The van der Waals surface area contributed by atoms with Crippen LogP contribution in [0.15, 0.2) is 0 Å². The number of halogens is 1. The van der Waals surface area contributed by atoms with E-state index in [1.54, 1.807) is 0 Å². The van der Waals surface area contributed by atoms with Crippen LogP contribution in [0.2, 0.25) is 0 Å². The summed E-state index contributed by atoms with van der Waals surface area (Å²) in [5.74, 6) is 0.699. The Hall–Kier alpha value is 0.120. The maximum Gasteiger partial charge on any atom is 0.225 e. The Labute approximate surface area is 118 Å². The zero-order valence-electron chi connectivity index (χ0n) is 10.5. The smallest absolute Gasteiger partial charge is 0.225 e. The predicted octanol–water partition coefficient (Wildman–Crippen LogP) is 1.26. The van der Waals surface area contributed by atoms with Gasteiger partial charge in [-0.2, -0.15) is 0 Å². The van der Waals surface area contributed by atoms with Crippen LogP contribution in [0.4, 0.5) is 0 Å². The van der Waals surface area contributed by atoms with E-state index in [4.69, 9.17) is 0 Å². The van der Waals surface area contributed by atoms with Gasteiger partial charge in [-0.1, -0.05) is 0 Å². The van der Waals surface area contributed by atoms with Crippen LogP contribution in [0.5, 0.6) is 0 Å². The van der Waals surface area contributed by atoms with Crippen molar-refractivity contribution in [3.8, 4) is 0 Å². The summed E-state index contributed by atoms with van der Waals surface area (Å²) in [5.41, 5.74) is 0. The van der Waals surface area contributed by atoms with E-state index in [0.717, 1.165) is 51.9 Å². The zero-order chi connectivity index (χ0) is 12.3. The SMILES string of the molecule is CN1CCN(C(=O)[C@H]2CC[C@H](NI)CC2)CC1. The van der Waals surface area contributed by atoms with Crippen LogP contribution in [-0.2, 0) is 4.79 Å². The van der Waals surface area contributed by atoms with Gasteiger partial charge in [0.1, 0.15) is 0 Å². The molecule has 0 radical (unpaired) electrons. The Morgan fingerprint density at radius 1 is 1.12 bits per heavy atom.